The molecule has 0 aromatic carbocycles. The number of pyridine rings is 1. The van der Waals surface area contributed by atoms with Crippen LogP contribution in [-0.4, -0.2) is 16.7 Å². The normalized spacial score (nSPS) is 18.6. The van der Waals surface area contributed by atoms with Crippen molar-refractivity contribution >= 4 is 0 Å². The zero-order chi connectivity index (χ0) is 11.4. The van der Waals surface area contributed by atoms with E-state index >= 15 is 0 Å². The molecule has 0 saturated heterocycles. The van der Waals surface area contributed by atoms with Crippen molar-refractivity contribution in [1.29, 1.82) is 0 Å². The number of hydrogen-bond acceptors (Lipinski definition) is 3. The quantitative estimate of drug-likeness (QED) is 0.850. The van der Waals surface area contributed by atoms with Crippen LogP contribution in [0, 0.1) is 5.92 Å². The fourth-order valence-corrected chi connectivity index (χ4v) is 2.39. The van der Waals surface area contributed by atoms with Crippen LogP contribution in [0.15, 0.2) is 18.5 Å². The maximum atomic E-state index is 10.2. The molecular weight excluding hydrogens is 202 g/mol. The molecule has 1 aromatic heterocycles. The maximum absolute atomic E-state index is 10.2. The smallest absolute Gasteiger partial charge is 0.137 e. The number of aliphatic hydroxyl groups is 1. The number of hydrogen-bond donors (Lipinski definition) is 1. The Hall–Kier alpha value is -1.09. The second-order valence-corrected chi connectivity index (χ2v) is 4.38. The predicted molar refractivity (Wildman–Crippen MR) is 62.3 cm³/mol. The molecule has 2 rings (SSSR count). The Bertz CT molecular complexity index is 334. The number of aliphatic hydroxyl groups excluding tert-OH is 1. The molecule has 1 N–H and O–H groups in total. The zero-order valence-corrected chi connectivity index (χ0v) is 9.72. The minimum Gasteiger partial charge on any atom is -0.492 e. The van der Waals surface area contributed by atoms with E-state index in [1.807, 2.05) is 13.0 Å². The van der Waals surface area contributed by atoms with E-state index in [0.717, 1.165) is 24.2 Å². The largest absolute Gasteiger partial charge is 0.492 e. The Morgan fingerprint density at radius 2 is 2.19 bits per heavy atom. The Balaban J connectivity index is 2.09. The van der Waals surface area contributed by atoms with Gasteiger partial charge in [-0.2, -0.15) is 0 Å². The summed E-state index contributed by atoms with van der Waals surface area (Å²) in [7, 11) is 0. The van der Waals surface area contributed by atoms with Crippen molar-refractivity contribution in [2.24, 2.45) is 5.92 Å². The Morgan fingerprint density at radius 3 is 2.88 bits per heavy atom. The van der Waals surface area contributed by atoms with Crippen LogP contribution in [-0.2, 0) is 0 Å². The van der Waals surface area contributed by atoms with Crippen LogP contribution < -0.4 is 4.74 Å². The molecule has 1 unspecified atom stereocenters. The van der Waals surface area contributed by atoms with Gasteiger partial charge in [0.2, 0.25) is 0 Å². The van der Waals surface area contributed by atoms with Crippen LogP contribution in [0.1, 0.15) is 44.3 Å². The lowest BCUT2D eigenvalue weighted by atomic mass is 9.95. The van der Waals surface area contributed by atoms with Crippen molar-refractivity contribution in [3.05, 3.63) is 24.0 Å². The van der Waals surface area contributed by atoms with E-state index in [4.69, 9.17) is 4.74 Å². The van der Waals surface area contributed by atoms with Gasteiger partial charge in [0.25, 0.3) is 0 Å². The van der Waals surface area contributed by atoms with Gasteiger partial charge in [-0.3, -0.25) is 4.98 Å². The zero-order valence-electron chi connectivity index (χ0n) is 9.72. The summed E-state index contributed by atoms with van der Waals surface area (Å²) >= 11 is 0. The van der Waals surface area contributed by atoms with E-state index < -0.39 is 0 Å². The second-order valence-electron chi connectivity index (χ2n) is 4.38. The lowest BCUT2D eigenvalue weighted by Gasteiger charge is -2.18. The first-order valence-electron chi connectivity index (χ1n) is 6.07. The fraction of sp³-hybridized carbons (Fsp3) is 0.615. The van der Waals surface area contributed by atoms with E-state index in [1.54, 1.807) is 12.4 Å². The number of rotatable bonds is 4. The Labute approximate surface area is 96.5 Å². The molecule has 0 amide bonds. The first-order valence-corrected chi connectivity index (χ1v) is 6.07. The van der Waals surface area contributed by atoms with Crippen molar-refractivity contribution in [2.45, 2.75) is 38.7 Å². The van der Waals surface area contributed by atoms with Crippen LogP contribution in [0.3, 0.4) is 0 Å². The van der Waals surface area contributed by atoms with Gasteiger partial charge in [-0.05, 0) is 31.7 Å². The highest BCUT2D eigenvalue weighted by Gasteiger charge is 2.24. The first kappa shape index (κ1) is 11.4. The number of aromatic nitrogens is 1. The Kier molecular flexibility index (Phi) is 3.78. The fourth-order valence-electron chi connectivity index (χ4n) is 2.39. The lowest BCUT2D eigenvalue weighted by molar-refractivity contribution is 0.111. The molecule has 0 bridgehead atoms. The van der Waals surface area contributed by atoms with Gasteiger partial charge in [-0.1, -0.05) is 12.8 Å². The molecule has 3 heteroatoms. The molecule has 16 heavy (non-hydrogen) atoms. The standard InChI is InChI=1S/C13H19NO2/c1-2-16-12-7-11(8-14-9-12)13(15)10-5-3-4-6-10/h7-10,13,15H,2-6H2,1H3. The van der Waals surface area contributed by atoms with Gasteiger partial charge in [0.15, 0.2) is 0 Å². The molecule has 1 atom stereocenters. The molecule has 1 aliphatic carbocycles. The summed E-state index contributed by atoms with van der Waals surface area (Å²) in [4.78, 5) is 4.11. The SMILES string of the molecule is CCOc1cncc(C(O)C2CCCC2)c1. The summed E-state index contributed by atoms with van der Waals surface area (Å²) in [5.41, 5.74) is 0.887. The summed E-state index contributed by atoms with van der Waals surface area (Å²) in [5.74, 6) is 1.15. The number of ether oxygens (including phenoxy) is 1. The monoisotopic (exact) mass is 221 g/mol. The van der Waals surface area contributed by atoms with Crippen molar-refractivity contribution in [2.75, 3.05) is 6.61 Å². The summed E-state index contributed by atoms with van der Waals surface area (Å²) < 4.78 is 5.39. The average Bonchev–Trinajstić information content (AvgIpc) is 2.82. The third kappa shape index (κ3) is 2.53. The van der Waals surface area contributed by atoms with E-state index in [-0.39, 0.29) is 6.10 Å². The molecule has 1 saturated carbocycles. The van der Waals surface area contributed by atoms with Crippen LogP contribution in [0.2, 0.25) is 0 Å². The van der Waals surface area contributed by atoms with Gasteiger partial charge >= 0.3 is 0 Å². The van der Waals surface area contributed by atoms with E-state index in [1.165, 1.54) is 12.8 Å². The van der Waals surface area contributed by atoms with Gasteiger partial charge in [0, 0.05) is 11.8 Å². The van der Waals surface area contributed by atoms with Crippen LogP contribution in [0.5, 0.6) is 5.75 Å². The van der Waals surface area contributed by atoms with Gasteiger partial charge in [-0.15, -0.1) is 0 Å². The lowest BCUT2D eigenvalue weighted by Crippen LogP contribution is -2.09. The molecule has 0 aliphatic heterocycles. The third-order valence-corrected chi connectivity index (χ3v) is 3.23. The molecule has 3 nitrogen and oxygen atoms in total. The van der Waals surface area contributed by atoms with E-state index in [9.17, 15) is 5.11 Å². The van der Waals surface area contributed by atoms with E-state index in [2.05, 4.69) is 4.98 Å². The highest BCUT2D eigenvalue weighted by molar-refractivity contribution is 5.25. The van der Waals surface area contributed by atoms with Crippen molar-refractivity contribution < 1.29 is 9.84 Å². The average molecular weight is 221 g/mol. The topological polar surface area (TPSA) is 42.4 Å². The molecule has 88 valence electrons. The molecule has 1 fully saturated rings. The van der Waals surface area contributed by atoms with Gasteiger partial charge in [0.05, 0.1) is 18.9 Å². The van der Waals surface area contributed by atoms with Crippen molar-refractivity contribution in [3.8, 4) is 5.75 Å². The van der Waals surface area contributed by atoms with Crippen LogP contribution in [0.25, 0.3) is 0 Å². The molecule has 1 heterocycles. The molecular formula is C13H19NO2. The minimum atomic E-state index is -0.379. The van der Waals surface area contributed by atoms with Crippen molar-refractivity contribution in [1.82, 2.24) is 4.98 Å². The van der Waals surface area contributed by atoms with Gasteiger partial charge < -0.3 is 9.84 Å². The number of nitrogens with zero attached hydrogens (tertiary/aromatic N) is 1. The van der Waals surface area contributed by atoms with Crippen molar-refractivity contribution in [3.63, 3.8) is 0 Å². The molecule has 0 spiro atoms. The molecule has 1 aliphatic rings. The highest BCUT2D eigenvalue weighted by atomic mass is 16.5. The maximum Gasteiger partial charge on any atom is 0.137 e. The van der Waals surface area contributed by atoms with Gasteiger partial charge in [0.1, 0.15) is 5.75 Å². The van der Waals surface area contributed by atoms with Crippen LogP contribution >= 0.6 is 0 Å². The summed E-state index contributed by atoms with van der Waals surface area (Å²) in [6.07, 6.45) is 7.77. The molecule has 0 radical (unpaired) electrons. The Morgan fingerprint density at radius 1 is 1.44 bits per heavy atom. The summed E-state index contributed by atoms with van der Waals surface area (Å²) in [5, 5.41) is 10.2. The summed E-state index contributed by atoms with van der Waals surface area (Å²) in [6.45, 7) is 2.57. The van der Waals surface area contributed by atoms with Gasteiger partial charge in [-0.25, -0.2) is 0 Å². The minimum absolute atomic E-state index is 0.379. The first-order chi connectivity index (χ1) is 7.81. The van der Waals surface area contributed by atoms with Crippen LogP contribution in [0.4, 0.5) is 0 Å². The predicted octanol–water partition coefficient (Wildman–Crippen LogP) is 2.70. The highest BCUT2D eigenvalue weighted by Crippen LogP contribution is 2.35. The van der Waals surface area contributed by atoms with E-state index in [0.29, 0.717) is 12.5 Å². The third-order valence-electron chi connectivity index (χ3n) is 3.23. The summed E-state index contributed by atoms with van der Waals surface area (Å²) in [6, 6.07) is 1.90. The second kappa shape index (κ2) is 5.30. The molecule has 1 aromatic rings.